The Bertz CT molecular complexity index is 300. The molecule has 0 saturated carbocycles. The number of hydrogen-bond acceptors (Lipinski definition) is 0. The van der Waals surface area contributed by atoms with Gasteiger partial charge in [-0.15, -0.1) is 0 Å². The third kappa shape index (κ3) is 2.23. The summed E-state index contributed by atoms with van der Waals surface area (Å²) in [6, 6.07) is 4.26. The molecule has 0 atom stereocenters. The second-order valence-corrected chi connectivity index (χ2v) is 3.00. The van der Waals surface area contributed by atoms with Crippen molar-refractivity contribution in [3.63, 3.8) is 0 Å². The predicted octanol–water partition coefficient (Wildman–Crippen LogP) is 3.58. The highest BCUT2D eigenvalue weighted by molar-refractivity contribution is 5.32. The molecule has 0 aliphatic carbocycles. The molecule has 1 aromatic rings. The fourth-order valence-corrected chi connectivity index (χ4v) is 1.26. The summed E-state index contributed by atoms with van der Waals surface area (Å²) in [4.78, 5) is 0. The minimum Gasteiger partial charge on any atom is -0.166 e. The summed E-state index contributed by atoms with van der Waals surface area (Å²) in [6.45, 7) is 3.41. The van der Waals surface area contributed by atoms with Gasteiger partial charge in [0.1, 0.15) is 0 Å². The zero-order valence-electron chi connectivity index (χ0n) is 7.57. The van der Waals surface area contributed by atoms with E-state index in [1.807, 2.05) is 6.92 Å². The van der Waals surface area contributed by atoms with Crippen molar-refractivity contribution in [3.8, 4) is 0 Å². The average Bonchev–Trinajstić information content (AvgIpc) is 2.01. The molecule has 0 aliphatic heterocycles. The van der Waals surface area contributed by atoms with Gasteiger partial charge >= 0.3 is 6.18 Å². The van der Waals surface area contributed by atoms with Crippen molar-refractivity contribution in [2.45, 2.75) is 26.4 Å². The van der Waals surface area contributed by atoms with Crippen LogP contribution in [0.1, 0.15) is 23.6 Å². The molecule has 0 fully saturated rings. The molecule has 0 aromatic heterocycles. The van der Waals surface area contributed by atoms with E-state index in [1.54, 1.807) is 6.07 Å². The summed E-state index contributed by atoms with van der Waals surface area (Å²) in [5, 5.41) is 0. The van der Waals surface area contributed by atoms with Crippen LogP contribution in [0, 0.1) is 6.92 Å². The van der Waals surface area contributed by atoms with Crippen LogP contribution in [0.15, 0.2) is 18.2 Å². The molecule has 72 valence electrons. The maximum Gasteiger partial charge on any atom is 0.416 e. The molecule has 0 N–H and O–H groups in total. The average molecular weight is 188 g/mol. The second kappa shape index (κ2) is 3.40. The van der Waals surface area contributed by atoms with E-state index < -0.39 is 11.7 Å². The molecular weight excluding hydrogens is 177 g/mol. The third-order valence-corrected chi connectivity index (χ3v) is 2.00. The van der Waals surface area contributed by atoms with Crippen LogP contribution in [0.5, 0.6) is 0 Å². The molecule has 1 rings (SSSR count). The molecule has 13 heavy (non-hydrogen) atoms. The summed E-state index contributed by atoms with van der Waals surface area (Å²) in [6.07, 6.45) is -3.46. The lowest BCUT2D eigenvalue weighted by atomic mass is 10.0. The number of halogens is 3. The molecule has 0 nitrogen and oxygen atoms in total. The fraction of sp³-hybridized carbons (Fsp3) is 0.400. The highest BCUT2D eigenvalue weighted by atomic mass is 19.4. The van der Waals surface area contributed by atoms with Gasteiger partial charge in [0.15, 0.2) is 0 Å². The van der Waals surface area contributed by atoms with Crippen molar-refractivity contribution in [2.75, 3.05) is 0 Å². The zero-order chi connectivity index (χ0) is 10.1. The summed E-state index contributed by atoms with van der Waals surface area (Å²) < 4.78 is 36.9. The first kappa shape index (κ1) is 10.1. The molecular formula is C10H11F3. The van der Waals surface area contributed by atoms with Crippen LogP contribution in [-0.4, -0.2) is 0 Å². The van der Waals surface area contributed by atoms with Gasteiger partial charge in [-0.25, -0.2) is 0 Å². The fourth-order valence-electron chi connectivity index (χ4n) is 1.26. The third-order valence-electron chi connectivity index (χ3n) is 2.00. The van der Waals surface area contributed by atoms with Gasteiger partial charge in [0.05, 0.1) is 5.56 Å². The molecule has 0 unspecified atom stereocenters. The van der Waals surface area contributed by atoms with Gasteiger partial charge in [0, 0.05) is 0 Å². The van der Waals surface area contributed by atoms with Crippen LogP contribution < -0.4 is 0 Å². The van der Waals surface area contributed by atoms with Gasteiger partial charge in [-0.3, -0.25) is 0 Å². The summed E-state index contributed by atoms with van der Waals surface area (Å²) in [7, 11) is 0. The van der Waals surface area contributed by atoms with Gasteiger partial charge in [-0.1, -0.05) is 19.1 Å². The molecule has 0 amide bonds. The van der Waals surface area contributed by atoms with Crippen molar-refractivity contribution in [1.82, 2.24) is 0 Å². The quantitative estimate of drug-likeness (QED) is 0.632. The Hall–Kier alpha value is -0.990. The van der Waals surface area contributed by atoms with E-state index in [4.69, 9.17) is 0 Å². The van der Waals surface area contributed by atoms with Crippen LogP contribution in [-0.2, 0) is 12.6 Å². The Morgan fingerprint density at radius 2 is 1.85 bits per heavy atom. The number of hydrogen-bond donors (Lipinski definition) is 0. The molecule has 1 aromatic carbocycles. The maximum atomic E-state index is 12.3. The van der Waals surface area contributed by atoms with Crippen molar-refractivity contribution >= 4 is 0 Å². The molecule has 0 spiro atoms. The zero-order valence-corrected chi connectivity index (χ0v) is 7.57. The lowest BCUT2D eigenvalue weighted by molar-refractivity contribution is -0.138. The van der Waals surface area contributed by atoms with Gasteiger partial charge < -0.3 is 0 Å². The second-order valence-electron chi connectivity index (χ2n) is 3.00. The molecule has 0 saturated heterocycles. The van der Waals surface area contributed by atoms with E-state index in [0.717, 1.165) is 18.1 Å². The lowest BCUT2D eigenvalue weighted by Crippen LogP contribution is -2.07. The summed E-state index contributed by atoms with van der Waals surface area (Å²) in [5.41, 5.74) is 0.696. The van der Waals surface area contributed by atoms with E-state index in [2.05, 4.69) is 0 Å². The highest BCUT2D eigenvalue weighted by Crippen LogP contribution is 2.31. The normalized spacial score (nSPS) is 11.8. The molecule has 0 radical (unpaired) electrons. The Labute approximate surface area is 75.4 Å². The number of rotatable bonds is 1. The monoisotopic (exact) mass is 188 g/mol. The number of benzene rings is 1. The molecule has 3 heteroatoms. The van der Waals surface area contributed by atoms with Crippen molar-refractivity contribution in [1.29, 1.82) is 0 Å². The maximum absolute atomic E-state index is 12.3. The largest absolute Gasteiger partial charge is 0.416 e. The van der Waals surface area contributed by atoms with Crippen LogP contribution in [0.4, 0.5) is 13.2 Å². The lowest BCUT2D eigenvalue weighted by Gasteiger charge is -2.10. The number of alkyl halides is 3. The van der Waals surface area contributed by atoms with Gasteiger partial charge in [-0.05, 0) is 30.5 Å². The Kier molecular flexibility index (Phi) is 2.64. The summed E-state index contributed by atoms with van der Waals surface area (Å²) >= 11 is 0. The Balaban J connectivity index is 3.13. The Morgan fingerprint density at radius 3 is 2.23 bits per heavy atom. The van der Waals surface area contributed by atoms with Gasteiger partial charge in [0.2, 0.25) is 0 Å². The van der Waals surface area contributed by atoms with Crippen LogP contribution >= 0.6 is 0 Å². The van der Waals surface area contributed by atoms with Crippen LogP contribution in [0.3, 0.4) is 0 Å². The van der Waals surface area contributed by atoms with E-state index in [0.29, 0.717) is 5.56 Å². The Morgan fingerprint density at radius 1 is 1.23 bits per heavy atom. The minimum atomic E-state index is -4.23. The predicted molar refractivity (Wildman–Crippen MR) is 45.6 cm³/mol. The van der Waals surface area contributed by atoms with E-state index in [1.165, 1.54) is 13.0 Å². The molecule has 0 heterocycles. The first-order valence-corrected chi connectivity index (χ1v) is 4.12. The standard InChI is InChI=1S/C10H11F3/c1-3-8-4-5-9(7(2)6-8)10(11,12)13/h4-6H,3H2,1-2H3. The molecule has 0 bridgehead atoms. The summed E-state index contributed by atoms with van der Waals surface area (Å²) in [5.74, 6) is 0. The highest BCUT2D eigenvalue weighted by Gasteiger charge is 2.31. The van der Waals surface area contributed by atoms with Crippen molar-refractivity contribution in [2.24, 2.45) is 0 Å². The van der Waals surface area contributed by atoms with Gasteiger partial charge in [0.25, 0.3) is 0 Å². The number of aryl methyl sites for hydroxylation is 2. The van der Waals surface area contributed by atoms with E-state index >= 15 is 0 Å². The molecule has 0 aliphatic rings. The topological polar surface area (TPSA) is 0 Å². The smallest absolute Gasteiger partial charge is 0.166 e. The van der Waals surface area contributed by atoms with Crippen molar-refractivity contribution in [3.05, 3.63) is 34.9 Å². The first-order chi connectivity index (χ1) is 5.95. The van der Waals surface area contributed by atoms with E-state index in [9.17, 15) is 13.2 Å². The van der Waals surface area contributed by atoms with Gasteiger partial charge in [-0.2, -0.15) is 13.2 Å². The van der Waals surface area contributed by atoms with Crippen LogP contribution in [0.2, 0.25) is 0 Å². The van der Waals surface area contributed by atoms with Crippen molar-refractivity contribution < 1.29 is 13.2 Å². The SMILES string of the molecule is CCc1ccc(C(F)(F)F)c(C)c1. The van der Waals surface area contributed by atoms with Crippen LogP contribution in [0.25, 0.3) is 0 Å². The van der Waals surface area contributed by atoms with E-state index in [-0.39, 0.29) is 0 Å². The first-order valence-electron chi connectivity index (χ1n) is 4.12. The minimum absolute atomic E-state index is 0.298.